The molecule has 0 saturated carbocycles. The number of carbonyl (C=O) groups is 1. The normalized spacial score (nSPS) is 12.5. The molecule has 0 aliphatic heterocycles. The average molecular weight is 316 g/mol. The highest BCUT2D eigenvalue weighted by molar-refractivity contribution is 5.79. The van der Waals surface area contributed by atoms with Crippen molar-refractivity contribution in [3.63, 3.8) is 0 Å². The summed E-state index contributed by atoms with van der Waals surface area (Å²) in [5.41, 5.74) is 2.54. The number of nitrogens with one attached hydrogen (secondary N) is 2. The molecule has 126 valence electrons. The first kappa shape index (κ1) is 18.7. The molecule has 5 heteroatoms. The van der Waals surface area contributed by atoms with E-state index in [0.29, 0.717) is 0 Å². The second-order valence-electron chi connectivity index (χ2n) is 6.40. The predicted molar refractivity (Wildman–Crippen MR) is 97.4 cm³/mol. The summed E-state index contributed by atoms with van der Waals surface area (Å²) in [6, 6.07) is 2.04. The number of carbonyl (C=O) groups excluding carboxylic acids is 1. The highest BCUT2D eigenvalue weighted by atomic mass is 16.1. The Bertz CT molecular complexity index is 630. The van der Waals surface area contributed by atoms with E-state index in [1.807, 2.05) is 42.9 Å². The van der Waals surface area contributed by atoms with Gasteiger partial charge in [0, 0.05) is 25.6 Å². The number of amides is 1. The van der Waals surface area contributed by atoms with Gasteiger partial charge in [0.1, 0.15) is 5.82 Å². The summed E-state index contributed by atoms with van der Waals surface area (Å²) < 4.78 is 1.84. The van der Waals surface area contributed by atoms with Crippen LogP contribution in [0.1, 0.15) is 39.8 Å². The Morgan fingerprint density at radius 1 is 1.39 bits per heavy atom. The van der Waals surface area contributed by atoms with Crippen molar-refractivity contribution in [1.29, 1.82) is 0 Å². The van der Waals surface area contributed by atoms with Crippen molar-refractivity contribution in [3.05, 3.63) is 42.1 Å². The first-order valence-electron chi connectivity index (χ1n) is 7.74. The van der Waals surface area contributed by atoms with Gasteiger partial charge in [-0.3, -0.25) is 4.79 Å². The molecule has 2 N–H and O–H groups in total. The maximum absolute atomic E-state index is 11.5. The fourth-order valence-electron chi connectivity index (χ4n) is 2.03. The maximum Gasteiger partial charge on any atom is 0.224 e. The summed E-state index contributed by atoms with van der Waals surface area (Å²) >= 11 is 0. The molecule has 0 atom stereocenters. The average Bonchev–Trinajstić information content (AvgIpc) is 2.90. The molecule has 23 heavy (non-hydrogen) atoms. The van der Waals surface area contributed by atoms with E-state index >= 15 is 0 Å². The van der Waals surface area contributed by atoms with Crippen LogP contribution in [0.25, 0.3) is 5.70 Å². The van der Waals surface area contributed by atoms with Crippen LogP contribution in [0.4, 0.5) is 5.82 Å². The van der Waals surface area contributed by atoms with Gasteiger partial charge >= 0.3 is 0 Å². The molecule has 5 nitrogen and oxygen atoms in total. The molecule has 0 aromatic carbocycles. The third-order valence-corrected chi connectivity index (χ3v) is 3.33. The van der Waals surface area contributed by atoms with Crippen molar-refractivity contribution in [2.75, 3.05) is 19.4 Å². The summed E-state index contributed by atoms with van der Waals surface area (Å²) in [5.74, 6) is 0.836. The standard InChI is InChI=1S/C18H28N4O/c1-8-9-14(10-13(2)11-17(23)20-7)22-16(19-6)12-15(21-22)18(3,4)5/h8-10,12,19H,2,11H2,1,3-7H3,(H,20,23)/b9-8-,14-10+. The molecule has 0 aliphatic rings. The van der Waals surface area contributed by atoms with Crippen LogP contribution in [-0.2, 0) is 10.2 Å². The topological polar surface area (TPSA) is 59.0 Å². The molecule has 0 bridgehead atoms. The van der Waals surface area contributed by atoms with Gasteiger partial charge in [0.2, 0.25) is 5.91 Å². The van der Waals surface area contributed by atoms with Gasteiger partial charge in [-0.15, -0.1) is 0 Å². The lowest BCUT2D eigenvalue weighted by molar-refractivity contribution is -0.119. The van der Waals surface area contributed by atoms with E-state index in [1.54, 1.807) is 7.05 Å². The summed E-state index contributed by atoms with van der Waals surface area (Å²) in [6.45, 7) is 12.3. The molecule has 0 saturated heterocycles. The van der Waals surface area contributed by atoms with Crippen LogP contribution >= 0.6 is 0 Å². The number of anilines is 1. The SMILES string of the molecule is C=C(/C=C(\C=C/C)n1nc(C(C)(C)C)cc1NC)CC(=O)NC. The van der Waals surface area contributed by atoms with Crippen molar-refractivity contribution < 1.29 is 4.79 Å². The fourth-order valence-corrected chi connectivity index (χ4v) is 2.03. The Balaban J connectivity index is 3.27. The van der Waals surface area contributed by atoms with Gasteiger partial charge in [0.05, 0.1) is 17.8 Å². The first-order chi connectivity index (χ1) is 10.7. The summed E-state index contributed by atoms with van der Waals surface area (Å²) in [4.78, 5) is 11.5. The van der Waals surface area contributed by atoms with Crippen molar-refractivity contribution in [1.82, 2.24) is 15.1 Å². The molecule has 0 fully saturated rings. The molecule has 1 rings (SSSR count). The van der Waals surface area contributed by atoms with Crippen LogP contribution in [0.3, 0.4) is 0 Å². The highest BCUT2D eigenvalue weighted by Crippen LogP contribution is 2.26. The lowest BCUT2D eigenvalue weighted by Gasteiger charge is -2.14. The highest BCUT2D eigenvalue weighted by Gasteiger charge is 2.20. The third-order valence-electron chi connectivity index (χ3n) is 3.33. The Morgan fingerprint density at radius 3 is 2.52 bits per heavy atom. The van der Waals surface area contributed by atoms with Gasteiger partial charge in [-0.1, -0.05) is 33.4 Å². The van der Waals surface area contributed by atoms with Crippen LogP contribution in [-0.4, -0.2) is 29.8 Å². The lowest BCUT2D eigenvalue weighted by Crippen LogP contribution is -2.17. The van der Waals surface area contributed by atoms with Gasteiger partial charge in [-0.05, 0) is 24.6 Å². The zero-order valence-electron chi connectivity index (χ0n) is 15.0. The van der Waals surface area contributed by atoms with Crippen LogP contribution in [0.5, 0.6) is 0 Å². The minimum absolute atomic E-state index is 0.0446. The smallest absolute Gasteiger partial charge is 0.224 e. The van der Waals surface area contributed by atoms with E-state index in [1.165, 1.54) is 0 Å². The van der Waals surface area contributed by atoms with Gasteiger partial charge in [0.15, 0.2) is 0 Å². The van der Waals surface area contributed by atoms with Crippen molar-refractivity contribution in [2.24, 2.45) is 0 Å². The van der Waals surface area contributed by atoms with E-state index in [4.69, 9.17) is 5.10 Å². The zero-order chi connectivity index (χ0) is 17.6. The number of nitrogens with zero attached hydrogens (tertiary/aromatic N) is 2. The molecule has 0 radical (unpaired) electrons. The van der Waals surface area contributed by atoms with Crippen LogP contribution in [0, 0.1) is 0 Å². The summed E-state index contributed by atoms with van der Waals surface area (Å²) in [7, 11) is 3.49. The minimum Gasteiger partial charge on any atom is -0.373 e. The molecular weight excluding hydrogens is 288 g/mol. The Kier molecular flexibility index (Phi) is 6.37. The number of rotatable bonds is 6. The second-order valence-corrected chi connectivity index (χ2v) is 6.40. The molecule has 1 aromatic rings. The number of hydrogen-bond acceptors (Lipinski definition) is 3. The van der Waals surface area contributed by atoms with Gasteiger partial charge < -0.3 is 10.6 Å². The monoisotopic (exact) mass is 316 g/mol. The Hall–Kier alpha value is -2.30. The van der Waals surface area contributed by atoms with Gasteiger partial charge in [0.25, 0.3) is 0 Å². The van der Waals surface area contributed by atoms with Gasteiger partial charge in [-0.25, -0.2) is 4.68 Å². The molecule has 1 heterocycles. The lowest BCUT2D eigenvalue weighted by atomic mass is 9.92. The predicted octanol–water partition coefficient (Wildman–Crippen LogP) is 3.33. The molecule has 1 aromatic heterocycles. The van der Waals surface area contributed by atoms with E-state index in [-0.39, 0.29) is 17.7 Å². The Labute approximate surface area is 139 Å². The van der Waals surface area contributed by atoms with Crippen LogP contribution in [0.2, 0.25) is 0 Å². The van der Waals surface area contributed by atoms with Crippen molar-refractivity contribution in [2.45, 2.75) is 39.5 Å². The molecule has 0 aliphatic carbocycles. The summed E-state index contributed by atoms with van der Waals surface area (Å²) in [5, 5.41) is 10.5. The van der Waals surface area contributed by atoms with E-state index < -0.39 is 0 Å². The number of aromatic nitrogens is 2. The van der Waals surface area contributed by atoms with Crippen molar-refractivity contribution in [3.8, 4) is 0 Å². The molecular formula is C18H28N4O. The quantitative estimate of drug-likeness (QED) is 0.791. The summed E-state index contributed by atoms with van der Waals surface area (Å²) in [6.07, 6.45) is 6.04. The fraction of sp³-hybridized carbons (Fsp3) is 0.444. The van der Waals surface area contributed by atoms with Crippen LogP contribution in [0.15, 0.2) is 36.4 Å². The molecule has 0 unspecified atom stereocenters. The molecule has 1 amide bonds. The Morgan fingerprint density at radius 2 is 2.04 bits per heavy atom. The number of hydrogen-bond donors (Lipinski definition) is 2. The minimum atomic E-state index is -0.0595. The molecule has 0 spiro atoms. The second kappa shape index (κ2) is 7.81. The first-order valence-corrected chi connectivity index (χ1v) is 7.74. The van der Waals surface area contributed by atoms with E-state index in [0.717, 1.165) is 22.8 Å². The third kappa shape index (κ3) is 5.13. The van der Waals surface area contributed by atoms with Crippen molar-refractivity contribution >= 4 is 17.4 Å². The zero-order valence-corrected chi connectivity index (χ0v) is 15.0. The largest absolute Gasteiger partial charge is 0.373 e. The van der Waals surface area contributed by atoms with Crippen LogP contribution < -0.4 is 10.6 Å². The maximum atomic E-state index is 11.5. The number of allylic oxidation sites excluding steroid dienone is 4. The van der Waals surface area contributed by atoms with E-state index in [2.05, 4.69) is 38.0 Å². The van der Waals surface area contributed by atoms with Gasteiger partial charge in [-0.2, -0.15) is 5.10 Å². The van der Waals surface area contributed by atoms with E-state index in [9.17, 15) is 4.79 Å².